The van der Waals surface area contributed by atoms with Gasteiger partial charge in [-0.3, -0.25) is 4.79 Å². The molecule has 0 radical (unpaired) electrons. The van der Waals surface area contributed by atoms with Gasteiger partial charge in [0.1, 0.15) is 6.29 Å². The highest BCUT2D eigenvalue weighted by atomic mass is 16.1. The molecule has 1 rings (SSSR count). The molecule has 0 aromatic heterocycles. The maximum atomic E-state index is 11.7. The first-order valence-electron chi connectivity index (χ1n) is 4.14. The second-order valence-corrected chi connectivity index (χ2v) is 3.53. The van der Waals surface area contributed by atoms with Crippen LogP contribution < -0.4 is 0 Å². The highest BCUT2D eigenvalue weighted by molar-refractivity contribution is 6.08. The molecule has 0 fully saturated rings. The second-order valence-electron chi connectivity index (χ2n) is 3.53. The molecule has 1 aromatic carbocycles. The molecule has 0 saturated heterocycles. The molecular weight excluding hydrogens is 164 g/mol. The maximum Gasteiger partial charge on any atom is 0.175 e. The van der Waals surface area contributed by atoms with E-state index >= 15 is 0 Å². The molecule has 0 aliphatic rings. The van der Waals surface area contributed by atoms with Gasteiger partial charge in [-0.15, -0.1) is 0 Å². The Bertz CT molecular complexity index is 312. The Morgan fingerprint density at radius 2 is 1.77 bits per heavy atom. The summed E-state index contributed by atoms with van der Waals surface area (Å²) in [6.07, 6.45) is 0.683. The van der Waals surface area contributed by atoms with Crippen LogP contribution in [0.4, 0.5) is 0 Å². The van der Waals surface area contributed by atoms with E-state index in [4.69, 9.17) is 0 Å². The van der Waals surface area contributed by atoms with E-state index in [1.54, 1.807) is 38.1 Å². The van der Waals surface area contributed by atoms with Crippen LogP contribution in [0.2, 0.25) is 0 Å². The molecular formula is C11H12O2. The summed E-state index contributed by atoms with van der Waals surface area (Å²) in [6, 6.07) is 8.84. The Morgan fingerprint density at radius 1 is 1.23 bits per heavy atom. The van der Waals surface area contributed by atoms with Crippen molar-refractivity contribution in [3.05, 3.63) is 35.9 Å². The number of hydrogen-bond acceptors (Lipinski definition) is 2. The molecule has 0 amide bonds. The van der Waals surface area contributed by atoms with Crippen LogP contribution in [0.3, 0.4) is 0 Å². The summed E-state index contributed by atoms with van der Waals surface area (Å²) in [7, 11) is 0. The van der Waals surface area contributed by atoms with E-state index in [2.05, 4.69) is 0 Å². The summed E-state index contributed by atoms with van der Waals surface area (Å²) in [6.45, 7) is 3.24. The van der Waals surface area contributed by atoms with Crippen molar-refractivity contribution in [3.63, 3.8) is 0 Å². The Balaban J connectivity index is 2.99. The molecule has 68 valence electrons. The smallest absolute Gasteiger partial charge is 0.175 e. The molecule has 0 aliphatic heterocycles. The Hall–Kier alpha value is -1.44. The predicted octanol–water partition coefficient (Wildman–Crippen LogP) is 2.09. The van der Waals surface area contributed by atoms with Crippen molar-refractivity contribution in [2.24, 2.45) is 5.41 Å². The van der Waals surface area contributed by atoms with Crippen LogP contribution in [0.5, 0.6) is 0 Å². The summed E-state index contributed by atoms with van der Waals surface area (Å²) >= 11 is 0. The molecule has 0 N–H and O–H groups in total. The van der Waals surface area contributed by atoms with E-state index in [1.165, 1.54) is 0 Å². The van der Waals surface area contributed by atoms with Gasteiger partial charge >= 0.3 is 0 Å². The van der Waals surface area contributed by atoms with Gasteiger partial charge in [0.05, 0.1) is 5.41 Å². The van der Waals surface area contributed by atoms with E-state index in [0.717, 1.165) is 0 Å². The molecule has 13 heavy (non-hydrogen) atoms. The van der Waals surface area contributed by atoms with Crippen LogP contribution in [0.1, 0.15) is 24.2 Å². The van der Waals surface area contributed by atoms with Gasteiger partial charge < -0.3 is 4.79 Å². The number of Topliss-reactive ketones (excluding diaryl/α,β-unsaturated/α-hetero) is 1. The average Bonchev–Trinajstić information content (AvgIpc) is 2.18. The quantitative estimate of drug-likeness (QED) is 0.401. The van der Waals surface area contributed by atoms with Gasteiger partial charge in [0, 0.05) is 5.56 Å². The van der Waals surface area contributed by atoms with E-state index in [0.29, 0.717) is 11.8 Å². The molecule has 2 nitrogen and oxygen atoms in total. The molecule has 0 heterocycles. The monoisotopic (exact) mass is 176 g/mol. The molecule has 0 spiro atoms. The molecule has 0 bridgehead atoms. The van der Waals surface area contributed by atoms with Crippen LogP contribution in [-0.2, 0) is 4.79 Å². The first-order chi connectivity index (χ1) is 6.08. The zero-order valence-corrected chi connectivity index (χ0v) is 7.78. The van der Waals surface area contributed by atoms with Crippen molar-refractivity contribution in [3.8, 4) is 0 Å². The maximum absolute atomic E-state index is 11.7. The van der Waals surface area contributed by atoms with Crippen LogP contribution >= 0.6 is 0 Å². The van der Waals surface area contributed by atoms with Crippen LogP contribution in [-0.4, -0.2) is 12.1 Å². The van der Waals surface area contributed by atoms with Crippen molar-refractivity contribution >= 4 is 12.1 Å². The fourth-order valence-electron chi connectivity index (χ4n) is 1.02. The third-order valence-corrected chi connectivity index (χ3v) is 1.92. The zero-order valence-electron chi connectivity index (χ0n) is 7.78. The highest BCUT2D eigenvalue weighted by Gasteiger charge is 2.27. The minimum atomic E-state index is -0.915. The van der Waals surface area contributed by atoms with Gasteiger partial charge in [-0.1, -0.05) is 30.3 Å². The van der Waals surface area contributed by atoms with Crippen LogP contribution in [0, 0.1) is 5.41 Å². The lowest BCUT2D eigenvalue weighted by molar-refractivity contribution is -0.112. The Kier molecular flexibility index (Phi) is 2.61. The predicted molar refractivity (Wildman–Crippen MR) is 50.6 cm³/mol. The summed E-state index contributed by atoms with van der Waals surface area (Å²) in [4.78, 5) is 22.3. The van der Waals surface area contributed by atoms with E-state index in [9.17, 15) is 9.59 Å². The largest absolute Gasteiger partial charge is 0.302 e. The summed E-state index contributed by atoms with van der Waals surface area (Å²) in [5.41, 5.74) is -0.332. The first-order valence-corrected chi connectivity index (χ1v) is 4.14. The topological polar surface area (TPSA) is 34.1 Å². The van der Waals surface area contributed by atoms with E-state index < -0.39 is 5.41 Å². The number of benzene rings is 1. The lowest BCUT2D eigenvalue weighted by Crippen LogP contribution is -2.25. The number of ketones is 1. The van der Waals surface area contributed by atoms with Crippen LogP contribution in [0.25, 0.3) is 0 Å². The van der Waals surface area contributed by atoms with E-state index in [1.807, 2.05) is 6.07 Å². The molecule has 0 saturated carbocycles. The molecule has 0 unspecified atom stereocenters. The third-order valence-electron chi connectivity index (χ3n) is 1.92. The van der Waals surface area contributed by atoms with Gasteiger partial charge in [0.2, 0.25) is 0 Å². The lowest BCUT2D eigenvalue weighted by Gasteiger charge is -2.14. The lowest BCUT2D eigenvalue weighted by atomic mass is 9.86. The highest BCUT2D eigenvalue weighted by Crippen LogP contribution is 2.18. The Morgan fingerprint density at radius 3 is 2.23 bits per heavy atom. The van der Waals surface area contributed by atoms with Gasteiger partial charge in [0.15, 0.2) is 5.78 Å². The van der Waals surface area contributed by atoms with E-state index in [-0.39, 0.29) is 5.78 Å². The van der Waals surface area contributed by atoms with Gasteiger partial charge in [-0.25, -0.2) is 0 Å². The average molecular weight is 176 g/mol. The van der Waals surface area contributed by atoms with Crippen molar-refractivity contribution < 1.29 is 9.59 Å². The number of carbonyl (C=O) groups is 2. The second kappa shape index (κ2) is 3.52. The number of hydrogen-bond donors (Lipinski definition) is 0. The molecule has 0 atom stereocenters. The normalized spacial score (nSPS) is 10.9. The van der Waals surface area contributed by atoms with Crippen molar-refractivity contribution in [1.82, 2.24) is 0 Å². The SMILES string of the molecule is CC(C)(C=O)C(=O)c1ccccc1. The standard InChI is InChI=1S/C11H12O2/c1-11(2,8-12)10(13)9-6-4-3-5-7-9/h3-8H,1-2H3. The summed E-state index contributed by atoms with van der Waals surface area (Å²) in [5.74, 6) is -0.136. The van der Waals surface area contributed by atoms with Gasteiger partial charge in [-0.05, 0) is 13.8 Å². The summed E-state index contributed by atoms with van der Waals surface area (Å²) in [5, 5.41) is 0. The minimum absolute atomic E-state index is 0.136. The fraction of sp³-hybridized carbons (Fsp3) is 0.273. The number of aldehydes is 1. The van der Waals surface area contributed by atoms with Crippen molar-refractivity contribution in [1.29, 1.82) is 0 Å². The Labute approximate surface area is 77.6 Å². The molecule has 0 aliphatic carbocycles. The van der Waals surface area contributed by atoms with Crippen molar-refractivity contribution in [2.45, 2.75) is 13.8 Å². The first kappa shape index (κ1) is 9.65. The zero-order chi connectivity index (χ0) is 9.90. The van der Waals surface area contributed by atoms with Gasteiger partial charge in [0.25, 0.3) is 0 Å². The molecule has 1 aromatic rings. The van der Waals surface area contributed by atoms with Crippen LogP contribution in [0.15, 0.2) is 30.3 Å². The fourth-order valence-corrected chi connectivity index (χ4v) is 1.02. The number of carbonyl (C=O) groups excluding carboxylic acids is 2. The minimum Gasteiger partial charge on any atom is -0.302 e. The third kappa shape index (κ3) is 2.02. The van der Waals surface area contributed by atoms with Gasteiger partial charge in [-0.2, -0.15) is 0 Å². The van der Waals surface area contributed by atoms with Crippen molar-refractivity contribution in [2.75, 3.05) is 0 Å². The number of rotatable bonds is 3. The molecule has 2 heteroatoms. The summed E-state index contributed by atoms with van der Waals surface area (Å²) < 4.78 is 0.